The van der Waals surface area contributed by atoms with Gasteiger partial charge in [-0.05, 0) is 60.4 Å². The first-order valence-electron chi connectivity index (χ1n) is 13.6. The van der Waals surface area contributed by atoms with E-state index in [4.69, 9.17) is 17.2 Å². The molecule has 0 amide bonds. The van der Waals surface area contributed by atoms with Crippen LogP contribution in [0.5, 0.6) is 11.5 Å². The standard InChI is InChI=1S/C33H29F8N3O2/c1-3-5-8-19-11-13-20(14-12-19)9-6-7-10-26(42)29(23(34)4-2)21-15-24(35)30(27(43)16-21)32(37,38)45-22-17-25(36)31(28(44)18-22)46-33(39,40)41/h4,10-18H,2-3,5,7-8,42-44H2,1H3/b26-10+,29-23+. The van der Waals surface area contributed by atoms with Gasteiger partial charge < -0.3 is 26.7 Å². The summed E-state index contributed by atoms with van der Waals surface area (Å²) >= 11 is 0. The number of rotatable bonds is 11. The quantitative estimate of drug-likeness (QED) is 0.0835. The fourth-order valence-electron chi connectivity index (χ4n) is 4.25. The molecule has 0 radical (unpaired) electrons. The molecule has 13 heteroatoms. The second-order valence-electron chi connectivity index (χ2n) is 9.81. The zero-order chi connectivity index (χ0) is 34.2. The third kappa shape index (κ3) is 9.20. The van der Waals surface area contributed by atoms with Gasteiger partial charge in [0.05, 0.1) is 5.69 Å². The Labute approximate surface area is 260 Å². The molecule has 3 aromatic carbocycles. The number of anilines is 2. The Morgan fingerprint density at radius 2 is 1.61 bits per heavy atom. The number of allylic oxidation sites excluding steroid dienone is 4. The molecule has 0 spiro atoms. The summed E-state index contributed by atoms with van der Waals surface area (Å²) in [6.45, 7) is 5.42. The highest BCUT2D eigenvalue weighted by Gasteiger charge is 2.41. The topological polar surface area (TPSA) is 96.5 Å². The second-order valence-corrected chi connectivity index (χ2v) is 9.81. The van der Waals surface area contributed by atoms with Crippen molar-refractivity contribution in [3.8, 4) is 23.3 Å². The average molecular weight is 652 g/mol. The Morgan fingerprint density at radius 3 is 2.17 bits per heavy atom. The third-order valence-electron chi connectivity index (χ3n) is 6.35. The van der Waals surface area contributed by atoms with Crippen molar-refractivity contribution in [1.82, 2.24) is 0 Å². The largest absolute Gasteiger partial charge is 0.573 e. The first-order valence-corrected chi connectivity index (χ1v) is 13.6. The van der Waals surface area contributed by atoms with Crippen LogP contribution in [0.3, 0.4) is 0 Å². The van der Waals surface area contributed by atoms with Gasteiger partial charge in [-0.2, -0.15) is 8.78 Å². The maximum atomic E-state index is 15.2. The number of nitrogens with two attached hydrogens (primary N) is 3. The lowest BCUT2D eigenvalue weighted by atomic mass is 9.97. The van der Waals surface area contributed by atoms with Gasteiger partial charge in [0.2, 0.25) is 0 Å². The Kier molecular flexibility index (Phi) is 11.4. The zero-order valence-electron chi connectivity index (χ0n) is 24.4. The summed E-state index contributed by atoms with van der Waals surface area (Å²) in [5.74, 6) is -1.22. The van der Waals surface area contributed by atoms with Gasteiger partial charge in [-0.1, -0.05) is 43.9 Å². The van der Waals surface area contributed by atoms with E-state index in [0.717, 1.165) is 37.0 Å². The van der Waals surface area contributed by atoms with Crippen LogP contribution in [0.25, 0.3) is 5.57 Å². The number of aryl methyl sites for hydroxylation is 1. The minimum absolute atomic E-state index is 0.0474. The Balaban J connectivity index is 1.87. The molecule has 6 N–H and O–H groups in total. The number of nitrogen functional groups attached to an aromatic ring is 2. The highest BCUT2D eigenvalue weighted by molar-refractivity contribution is 5.82. The summed E-state index contributed by atoms with van der Waals surface area (Å²) in [6, 6.07) is 9.53. The van der Waals surface area contributed by atoms with Crippen molar-refractivity contribution in [1.29, 1.82) is 0 Å². The van der Waals surface area contributed by atoms with E-state index >= 15 is 13.2 Å². The van der Waals surface area contributed by atoms with Crippen LogP contribution in [-0.2, 0) is 12.5 Å². The number of alkyl halides is 5. The van der Waals surface area contributed by atoms with Crippen molar-refractivity contribution < 1.29 is 44.6 Å². The molecule has 0 heterocycles. The number of unbranched alkanes of at least 4 members (excludes halogenated alkanes) is 1. The number of halogens is 8. The monoisotopic (exact) mass is 651 g/mol. The van der Waals surface area contributed by atoms with Crippen LogP contribution in [-0.4, -0.2) is 6.36 Å². The van der Waals surface area contributed by atoms with Crippen LogP contribution in [0.4, 0.5) is 46.5 Å². The second kappa shape index (κ2) is 14.8. The molecule has 0 aliphatic heterocycles. The summed E-state index contributed by atoms with van der Waals surface area (Å²) in [5.41, 5.74) is 14.6. The van der Waals surface area contributed by atoms with Crippen molar-refractivity contribution in [2.24, 2.45) is 5.73 Å². The molecule has 3 aromatic rings. The Bertz CT molecular complexity index is 1660. The Hall–Kier alpha value is -5.12. The van der Waals surface area contributed by atoms with E-state index in [2.05, 4.69) is 34.8 Å². The molecule has 0 aliphatic carbocycles. The van der Waals surface area contributed by atoms with Crippen LogP contribution in [0.15, 0.2) is 78.8 Å². The highest BCUT2D eigenvalue weighted by Crippen LogP contribution is 2.41. The predicted octanol–water partition coefficient (Wildman–Crippen LogP) is 8.65. The van der Waals surface area contributed by atoms with Gasteiger partial charge in [0.25, 0.3) is 0 Å². The minimum Gasteiger partial charge on any atom is -0.429 e. The summed E-state index contributed by atoms with van der Waals surface area (Å²) in [5, 5.41) is 0. The van der Waals surface area contributed by atoms with Crippen LogP contribution in [0, 0.1) is 23.5 Å². The molecule has 0 unspecified atom stereocenters. The van der Waals surface area contributed by atoms with Gasteiger partial charge >= 0.3 is 12.5 Å². The lowest BCUT2D eigenvalue weighted by Gasteiger charge is -2.22. The molecule has 5 nitrogen and oxygen atoms in total. The molecule has 0 saturated carbocycles. The van der Waals surface area contributed by atoms with Gasteiger partial charge in [0.1, 0.15) is 23.0 Å². The van der Waals surface area contributed by atoms with Crippen LogP contribution in [0.2, 0.25) is 0 Å². The van der Waals surface area contributed by atoms with Gasteiger partial charge in [0, 0.05) is 41.1 Å². The van der Waals surface area contributed by atoms with Gasteiger partial charge in [-0.25, -0.2) is 13.2 Å². The molecule has 3 rings (SSSR count). The first kappa shape index (κ1) is 35.4. The predicted molar refractivity (Wildman–Crippen MR) is 160 cm³/mol. The van der Waals surface area contributed by atoms with Gasteiger partial charge in [-0.3, -0.25) is 0 Å². The fraction of sp³-hybridized carbons (Fsp3) is 0.212. The number of benzene rings is 3. The molecule has 46 heavy (non-hydrogen) atoms. The average Bonchev–Trinajstić information content (AvgIpc) is 2.95. The molecule has 0 fully saturated rings. The lowest BCUT2D eigenvalue weighted by Crippen LogP contribution is -2.25. The van der Waals surface area contributed by atoms with Crippen LogP contribution >= 0.6 is 0 Å². The van der Waals surface area contributed by atoms with Crippen molar-refractivity contribution in [3.05, 3.63) is 113 Å². The van der Waals surface area contributed by atoms with E-state index in [0.29, 0.717) is 12.1 Å². The molecule has 0 atom stereocenters. The molecule has 244 valence electrons. The minimum atomic E-state index is -5.33. The molecular formula is C33H29F8N3O2. The van der Waals surface area contributed by atoms with E-state index in [9.17, 15) is 22.0 Å². The maximum absolute atomic E-state index is 15.2. The van der Waals surface area contributed by atoms with E-state index in [1.54, 1.807) is 0 Å². The van der Waals surface area contributed by atoms with Crippen LogP contribution < -0.4 is 26.7 Å². The van der Waals surface area contributed by atoms with E-state index in [1.807, 2.05) is 24.3 Å². The van der Waals surface area contributed by atoms with Crippen molar-refractivity contribution in [2.45, 2.75) is 45.1 Å². The van der Waals surface area contributed by atoms with E-state index < -0.39 is 63.9 Å². The van der Waals surface area contributed by atoms with Crippen molar-refractivity contribution in [2.75, 3.05) is 11.5 Å². The first-order chi connectivity index (χ1) is 21.6. The van der Waals surface area contributed by atoms with E-state index in [-0.39, 0.29) is 23.7 Å². The maximum Gasteiger partial charge on any atom is 0.573 e. The molecule has 0 aromatic heterocycles. The molecule has 0 saturated heterocycles. The van der Waals surface area contributed by atoms with Crippen molar-refractivity contribution >= 4 is 16.9 Å². The number of hydrogen-bond donors (Lipinski definition) is 3. The highest BCUT2D eigenvalue weighted by atomic mass is 19.4. The summed E-state index contributed by atoms with van der Waals surface area (Å²) in [4.78, 5) is 0. The van der Waals surface area contributed by atoms with Crippen LogP contribution in [0.1, 0.15) is 48.4 Å². The Morgan fingerprint density at radius 1 is 0.935 bits per heavy atom. The fourth-order valence-corrected chi connectivity index (χ4v) is 4.25. The van der Waals surface area contributed by atoms with E-state index in [1.165, 1.54) is 11.6 Å². The summed E-state index contributed by atoms with van der Waals surface area (Å²) in [7, 11) is 0. The molecular weight excluding hydrogens is 622 g/mol. The summed E-state index contributed by atoms with van der Waals surface area (Å²) < 4.78 is 120. The normalized spacial score (nSPS) is 12.6. The SMILES string of the molecule is C=C/C(F)=C(\C(N)=C/CC#Cc1ccc(CCCC)cc1)c1cc(N)c(C(F)(F)Oc2cc(N)c(OC(F)(F)F)c(F)c2)c(F)c1. The van der Waals surface area contributed by atoms with Gasteiger partial charge in [-0.15, -0.1) is 13.2 Å². The molecule has 0 aliphatic rings. The number of hydrogen-bond acceptors (Lipinski definition) is 5. The smallest absolute Gasteiger partial charge is 0.429 e. The third-order valence-corrected chi connectivity index (χ3v) is 6.35. The lowest BCUT2D eigenvalue weighted by molar-refractivity contribution is -0.275. The molecule has 0 bridgehead atoms. The van der Waals surface area contributed by atoms with Crippen molar-refractivity contribution in [3.63, 3.8) is 0 Å². The number of ether oxygens (including phenoxy) is 2. The van der Waals surface area contributed by atoms with Gasteiger partial charge in [0.15, 0.2) is 11.6 Å². The zero-order valence-corrected chi connectivity index (χ0v) is 24.4. The summed E-state index contributed by atoms with van der Waals surface area (Å²) in [6.07, 6.45) is -4.68.